The maximum absolute atomic E-state index is 11.9. The number of anilines is 2. The minimum atomic E-state index is -0.0229. The van der Waals surface area contributed by atoms with E-state index in [4.69, 9.17) is 5.73 Å². The first-order chi connectivity index (χ1) is 11.7. The molecular weight excluding hydrogens is 306 g/mol. The summed E-state index contributed by atoms with van der Waals surface area (Å²) in [6, 6.07) is 1.86. The molecule has 3 N–H and O–H groups in total. The minimum absolute atomic E-state index is 0.0229. The first kappa shape index (κ1) is 16.3. The van der Waals surface area contributed by atoms with Gasteiger partial charge in [-0.05, 0) is 19.8 Å². The van der Waals surface area contributed by atoms with E-state index >= 15 is 0 Å². The predicted molar refractivity (Wildman–Crippen MR) is 89.7 cm³/mol. The average molecular weight is 327 g/mol. The average Bonchev–Trinajstić information content (AvgIpc) is 2.61. The van der Waals surface area contributed by atoms with Crippen LogP contribution in [0, 0.1) is 6.92 Å². The van der Waals surface area contributed by atoms with Gasteiger partial charge in [0.25, 0.3) is 0 Å². The predicted octanol–water partition coefficient (Wildman–Crippen LogP) is 0.983. The number of carbonyl (C=O) groups excluding carboxylic acids is 1. The molecule has 1 fully saturated rings. The Morgan fingerprint density at radius 1 is 1.38 bits per heavy atom. The third kappa shape index (κ3) is 3.83. The summed E-state index contributed by atoms with van der Waals surface area (Å²) in [5.41, 5.74) is 6.34. The van der Waals surface area contributed by atoms with E-state index in [1.807, 2.05) is 13.0 Å². The first-order valence-corrected chi connectivity index (χ1v) is 8.02. The lowest BCUT2D eigenvalue weighted by Crippen LogP contribution is -2.42. The van der Waals surface area contributed by atoms with Crippen LogP contribution in [-0.2, 0) is 4.79 Å². The van der Waals surface area contributed by atoms with Gasteiger partial charge < -0.3 is 16.0 Å². The lowest BCUT2D eigenvalue weighted by molar-refractivity contribution is -0.130. The Morgan fingerprint density at radius 3 is 3.00 bits per heavy atom. The van der Waals surface area contributed by atoms with Gasteiger partial charge >= 0.3 is 0 Å². The number of nitrogens with one attached hydrogen (secondary N) is 1. The van der Waals surface area contributed by atoms with Crippen LogP contribution in [-0.4, -0.2) is 50.4 Å². The first-order valence-electron chi connectivity index (χ1n) is 8.02. The fourth-order valence-corrected chi connectivity index (χ4v) is 2.88. The molecule has 2 aromatic heterocycles. The molecule has 0 spiro atoms. The molecule has 1 atom stereocenters. The number of nitrogens with two attached hydrogens (primary N) is 1. The summed E-state index contributed by atoms with van der Waals surface area (Å²) in [7, 11) is 0. The molecular formula is C16H21N7O. The van der Waals surface area contributed by atoms with Gasteiger partial charge in [-0.15, -0.1) is 0 Å². The lowest BCUT2D eigenvalue weighted by atomic mass is 9.97. The van der Waals surface area contributed by atoms with Crippen LogP contribution in [0.3, 0.4) is 0 Å². The third-order valence-electron chi connectivity index (χ3n) is 4.00. The van der Waals surface area contributed by atoms with E-state index in [2.05, 4.69) is 25.3 Å². The molecule has 0 aromatic carbocycles. The maximum atomic E-state index is 11.9. The Kier molecular flexibility index (Phi) is 4.95. The van der Waals surface area contributed by atoms with Crippen molar-refractivity contribution in [3.63, 3.8) is 0 Å². The summed E-state index contributed by atoms with van der Waals surface area (Å²) in [6.07, 6.45) is 6.77. The molecule has 3 rings (SSSR count). The van der Waals surface area contributed by atoms with E-state index in [0.29, 0.717) is 18.2 Å². The van der Waals surface area contributed by atoms with Crippen molar-refractivity contribution in [1.29, 1.82) is 0 Å². The molecule has 126 valence electrons. The van der Waals surface area contributed by atoms with Gasteiger partial charge in [0.2, 0.25) is 5.91 Å². The fraction of sp³-hybridized carbons (Fsp3) is 0.438. The smallest absolute Gasteiger partial charge is 0.236 e. The molecule has 0 aliphatic carbocycles. The van der Waals surface area contributed by atoms with E-state index in [-0.39, 0.29) is 18.4 Å². The lowest BCUT2D eigenvalue weighted by Gasteiger charge is -2.32. The van der Waals surface area contributed by atoms with E-state index in [1.54, 1.807) is 23.5 Å². The van der Waals surface area contributed by atoms with Crippen LogP contribution in [0.25, 0.3) is 0 Å². The summed E-state index contributed by atoms with van der Waals surface area (Å²) in [5, 5.41) is 3.14. The van der Waals surface area contributed by atoms with E-state index < -0.39 is 0 Å². The summed E-state index contributed by atoms with van der Waals surface area (Å²) in [5.74, 6) is 2.16. The van der Waals surface area contributed by atoms with Crippen molar-refractivity contribution in [2.45, 2.75) is 25.7 Å². The van der Waals surface area contributed by atoms with E-state index in [0.717, 1.165) is 30.9 Å². The van der Waals surface area contributed by atoms with Crippen molar-refractivity contribution in [3.8, 4) is 0 Å². The number of amides is 1. The molecule has 2 aromatic rings. The number of hydrogen-bond acceptors (Lipinski definition) is 7. The Labute approximate surface area is 140 Å². The number of piperidine rings is 1. The maximum Gasteiger partial charge on any atom is 0.236 e. The quantitative estimate of drug-likeness (QED) is 0.861. The monoisotopic (exact) mass is 327 g/mol. The van der Waals surface area contributed by atoms with Crippen LogP contribution >= 0.6 is 0 Å². The topological polar surface area (TPSA) is 110 Å². The van der Waals surface area contributed by atoms with Gasteiger partial charge in [-0.3, -0.25) is 9.78 Å². The highest BCUT2D eigenvalue weighted by Gasteiger charge is 2.26. The Hall–Kier alpha value is -2.61. The highest BCUT2D eigenvalue weighted by atomic mass is 16.2. The summed E-state index contributed by atoms with van der Waals surface area (Å²) < 4.78 is 0. The zero-order chi connectivity index (χ0) is 16.9. The zero-order valence-corrected chi connectivity index (χ0v) is 13.6. The second kappa shape index (κ2) is 7.31. The third-order valence-corrected chi connectivity index (χ3v) is 4.00. The van der Waals surface area contributed by atoms with Crippen molar-refractivity contribution < 1.29 is 4.79 Å². The molecule has 0 bridgehead atoms. The zero-order valence-electron chi connectivity index (χ0n) is 13.6. The van der Waals surface area contributed by atoms with Gasteiger partial charge in [-0.2, -0.15) is 0 Å². The molecule has 8 nitrogen and oxygen atoms in total. The van der Waals surface area contributed by atoms with Gasteiger partial charge in [0.1, 0.15) is 17.5 Å². The fourth-order valence-electron chi connectivity index (χ4n) is 2.88. The van der Waals surface area contributed by atoms with Gasteiger partial charge in [0.15, 0.2) is 0 Å². The summed E-state index contributed by atoms with van der Waals surface area (Å²) in [4.78, 5) is 31.0. The van der Waals surface area contributed by atoms with E-state index in [9.17, 15) is 4.79 Å². The normalized spacial score (nSPS) is 17.6. The van der Waals surface area contributed by atoms with Crippen LogP contribution in [0.1, 0.15) is 30.3 Å². The van der Waals surface area contributed by atoms with Crippen LogP contribution in [0.5, 0.6) is 0 Å². The summed E-state index contributed by atoms with van der Waals surface area (Å²) in [6.45, 7) is 3.34. The molecule has 0 unspecified atom stereocenters. The molecule has 3 heterocycles. The second-order valence-corrected chi connectivity index (χ2v) is 5.85. The standard InChI is InChI=1S/C16H21N7O/c1-11-7-13(21-14-9-18-4-5-19-14)22-16(20-11)12-3-2-6-23(10-12)15(24)8-17/h4-5,7,9,12H,2-3,6,8,10,17H2,1H3,(H,19,20,21,22)/t12-/m0/s1. The molecule has 1 amide bonds. The second-order valence-electron chi connectivity index (χ2n) is 5.85. The Balaban J connectivity index is 1.79. The number of rotatable bonds is 4. The van der Waals surface area contributed by atoms with Crippen LogP contribution in [0.2, 0.25) is 0 Å². The molecule has 24 heavy (non-hydrogen) atoms. The van der Waals surface area contributed by atoms with Gasteiger partial charge in [-0.1, -0.05) is 0 Å². The molecule has 1 aliphatic rings. The number of likely N-dealkylation sites (tertiary alicyclic amines) is 1. The Morgan fingerprint density at radius 2 is 2.25 bits per heavy atom. The van der Waals surface area contributed by atoms with Gasteiger partial charge in [-0.25, -0.2) is 15.0 Å². The SMILES string of the molecule is Cc1cc(Nc2cnccn2)nc([C@H]2CCCN(C(=O)CN)C2)n1. The van der Waals surface area contributed by atoms with Crippen molar-refractivity contribution in [2.24, 2.45) is 5.73 Å². The molecule has 1 aliphatic heterocycles. The van der Waals surface area contributed by atoms with Gasteiger partial charge in [0, 0.05) is 43.2 Å². The Bertz CT molecular complexity index is 707. The summed E-state index contributed by atoms with van der Waals surface area (Å²) >= 11 is 0. The van der Waals surface area contributed by atoms with Crippen LogP contribution in [0.15, 0.2) is 24.7 Å². The highest BCUT2D eigenvalue weighted by Crippen LogP contribution is 2.26. The number of hydrogen-bond donors (Lipinski definition) is 2. The van der Waals surface area contributed by atoms with Crippen LogP contribution < -0.4 is 11.1 Å². The van der Waals surface area contributed by atoms with E-state index in [1.165, 1.54) is 0 Å². The molecule has 1 saturated heterocycles. The van der Waals surface area contributed by atoms with Crippen molar-refractivity contribution >= 4 is 17.5 Å². The van der Waals surface area contributed by atoms with Gasteiger partial charge in [0.05, 0.1) is 12.7 Å². The number of nitrogens with zero attached hydrogens (tertiary/aromatic N) is 5. The highest BCUT2D eigenvalue weighted by molar-refractivity contribution is 5.78. The van der Waals surface area contributed by atoms with Crippen molar-refractivity contribution in [3.05, 3.63) is 36.2 Å². The molecule has 8 heteroatoms. The number of aryl methyl sites for hydroxylation is 1. The van der Waals surface area contributed by atoms with Crippen molar-refractivity contribution in [1.82, 2.24) is 24.8 Å². The number of carbonyl (C=O) groups is 1. The van der Waals surface area contributed by atoms with Crippen molar-refractivity contribution in [2.75, 3.05) is 25.0 Å². The molecule has 0 radical (unpaired) electrons. The molecule has 0 saturated carbocycles. The largest absolute Gasteiger partial charge is 0.341 e. The number of aromatic nitrogens is 4. The van der Waals surface area contributed by atoms with Crippen LogP contribution in [0.4, 0.5) is 11.6 Å². The minimum Gasteiger partial charge on any atom is -0.341 e.